The molecule has 1 aromatic carbocycles. The molecule has 1 N–H and O–H groups in total. The highest BCUT2D eigenvalue weighted by Gasteiger charge is 2.16. The fraction of sp³-hybridized carbons (Fsp3) is 0.375. The Morgan fingerprint density at radius 2 is 2.32 bits per heavy atom. The van der Waals surface area contributed by atoms with Crippen molar-refractivity contribution in [2.75, 3.05) is 11.9 Å². The van der Waals surface area contributed by atoms with Crippen LogP contribution in [0.15, 0.2) is 34.9 Å². The number of halogens is 2. The van der Waals surface area contributed by atoms with Crippen LogP contribution in [0.2, 0.25) is 0 Å². The fourth-order valence-corrected chi connectivity index (χ4v) is 2.89. The number of hydrogen-bond acceptors (Lipinski definition) is 4. The van der Waals surface area contributed by atoms with E-state index in [0.717, 1.165) is 42.5 Å². The van der Waals surface area contributed by atoms with Crippen LogP contribution in [0.4, 0.5) is 16.0 Å². The molecular formula is C16H17BrFN3O. The summed E-state index contributed by atoms with van der Waals surface area (Å²) in [5, 5.41) is 3.03. The molecule has 0 bridgehead atoms. The smallest absolute Gasteiger partial charge is 0.227 e. The number of nitrogens with one attached hydrogen (secondary N) is 1. The van der Waals surface area contributed by atoms with Gasteiger partial charge in [-0.25, -0.2) is 14.4 Å². The molecule has 22 heavy (non-hydrogen) atoms. The van der Waals surface area contributed by atoms with Crippen LogP contribution in [0.25, 0.3) is 0 Å². The summed E-state index contributed by atoms with van der Waals surface area (Å²) in [5.41, 5.74) is 1.57. The van der Waals surface area contributed by atoms with E-state index in [4.69, 9.17) is 4.74 Å². The monoisotopic (exact) mass is 365 g/mol. The van der Waals surface area contributed by atoms with Gasteiger partial charge in [0, 0.05) is 18.5 Å². The number of hydrogen-bond donors (Lipinski definition) is 1. The van der Waals surface area contributed by atoms with Crippen molar-refractivity contribution in [3.8, 4) is 0 Å². The van der Waals surface area contributed by atoms with Crippen LogP contribution in [-0.2, 0) is 11.2 Å². The van der Waals surface area contributed by atoms with Gasteiger partial charge in [-0.15, -0.1) is 0 Å². The lowest BCUT2D eigenvalue weighted by Gasteiger charge is -2.11. The summed E-state index contributed by atoms with van der Waals surface area (Å²) in [4.78, 5) is 8.73. The Morgan fingerprint density at radius 1 is 1.41 bits per heavy atom. The van der Waals surface area contributed by atoms with E-state index in [-0.39, 0.29) is 5.82 Å². The minimum absolute atomic E-state index is 0.291. The number of benzene rings is 1. The molecule has 1 saturated heterocycles. The highest BCUT2D eigenvalue weighted by atomic mass is 79.9. The van der Waals surface area contributed by atoms with Gasteiger partial charge in [0.2, 0.25) is 5.95 Å². The Hall–Kier alpha value is -1.53. The van der Waals surface area contributed by atoms with E-state index in [1.54, 1.807) is 18.3 Å². The van der Waals surface area contributed by atoms with Gasteiger partial charge in [-0.2, -0.15) is 0 Å². The van der Waals surface area contributed by atoms with Gasteiger partial charge in [-0.3, -0.25) is 0 Å². The maximum atomic E-state index is 13.2. The largest absolute Gasteiger partial charge is 0.378 e. The Labute approximate surface area is 137 Å². The second-order valence-electron chi connectivity index (χ2n) is 5.30. The van der Waals surface area contributed by atoms with Crippen LogP contribution in [0.3, 0.4) is 0 Å². The van der Waals surface area contributed by atoms with Crippen LogP contribution in [0.1, 0.15) is 25.0 Å². The topological polar surface area (TPSA) is 47.0 Å². The molecule has 2 aromatic rings. The van der Waals surface area contributed by atoms with E-state index in [9.17, 15) is 4.39 Å². The first kappa shape index (κ1) is 15.4. The standard InChI is InChI=1S/C16H17BrFN3O/c17-14-10-19-16(20-12-4-1-3-11(18)9-12)21-15(14)7-6-13-5-2-8-22-13/h1,3-4,9-10,13H,2,5-8H2,(H,19,20,21). The van der Waals surface area contributed by atoms with Crippen molar-refractivity contribution >= 4 is 27.6 Å². The molecule has 1 aliphatic heterocycles. The van der Waals surface area contributed by atoms with Gasteiger partial charge in [0.05, 0.1) is 16.3 Å². The summed E-state index contributed by atoms with van der Waals surface area (Å²) in [5.74, 6) is 0.178. The van der Waals surface area contributed by atoms with E-state index >= 15 is 0 Å². The zero-order chi connectivity index (χ0) is 15.4. The zero-order valence-electron chi connectivity index (χ0n) is 12.1. The van der Waals surface area contributed by atoms with Crippen LogP contribution in [0.5, 0.6) is 0 Å². The van der Waals surface area contributed by atoms with Gasteiger partial charge in [0.25, 0.3) is 0 Å². The van der Waals surface area contributed by atoms with E-state index in [0.29, 0.717) is 17.7 Å². The molecule has 2 heterocycles. The molecular weight excluding hydrogens is 349 g/mol. The molecule has 1 fully saturated rings. The normalized spacial score (nSPS) is 17.6. The summed E-state index contributed by atoms with van der Waals surface area (Å²) in [6, 6.07) is 6.24. The first-order chi connectivity index (χ1) is 10.7. The Morgan fingerprint density at radius 3 is 3.09 bits per heavy atom. The van der Waals surface area contributed by atoms with Crippen molar-refractivity contribution in [3.05, 3.63) is 46.4 Å². The third-order valence-electron chi connectivity index (χ3n) is 3.62. The van der Waals surface area contributed by atoms with E-state index < -0.39 is 0 Å². The van der Waals surface area contributed by atoms with Crippen LogP contribution in [0, 0.1) is 5.82 Å². The zero-order valence-corrected chi connectivity index (χ0v) is 13.6. The van der Waals surface area contributed by atoms with Crippen LogP contribution < -0.4 is 5.32 Å². The van der Waals surface area contributed by atoms with Crippen molar-refractivity contribution in [2.24, 2.45) is 0 Å². The van der Waals surface area contributed by atoms with Crippen molar-refractivity contribution in [3.63, 3.8) is 0 Å². The summed E-state index contributed by atoms with van der Waals surface area (Å²) in [7, 11) is 0. The summed E-state index contributed by atoms with van der Waals surface area (Å²) in [6.45, 7) is 0.863. The second-order valence-corrected chi connectivity index (χ2v) is 6.15. The lowest BCUT2D eigenvalue weighted by atomic mass is 10.1. The fourth-order valence-electron chi connectivity index (χ4n) is 2.50. The summed E-state index contributed by atoms with van der Waals surface area (Å²) in [6.07, 6.45) is 6.10. The molecule has 0 aliphatic carbocycles. The van der Waals surface area contributed by atoms with Crippen molar-refractivity contribution in [1.29, 1.82) is 0 Å². The maximum absolute atomic E-state index is 13.2. The molecule has 1 aromatic heterocycles. The third-order valence-corrected chi connectivity index (χ3v) is 4.29. The molecule has 1 atom stereocenters. The lowest BCUT2D eigenvalue weighted by Crippen LogP contribution is -2.08. The molecule has 1 aliphatic rings. The average molecular weight is 366 g/mol. The molecule has 0 spiro atoms. The van der Waals surface area contributed by atoms with Gasteiger partial charge in [0.15, 0.2) is 0 Å². The Bertz CT molecular complexity index is 647. The first-order valence-corrected chi connectivity index (χ1v) is 8.15. The Balaban J connectivity index is 1.68. The van der Waals surface area contributed by atoms with Gasteiger partial charge in [0.1, 0.15) is 5.82 Å². The average Bonchev–Trinajstić information content (AvgIpc) is 3.01. The van der Waals surface area contributed by atoms with Gasteiger partial charge >= 0.3 is 0 Å². The molecule has 116 valence electrons. The molecule has 3 rings (SSSR count). The van der Waals surface area contributed by atoms with Gasteiger partial charge in [-0.05, 0) is 59.8 Å². The molecule has 0 saturated carbocycles. The molecule has 6 heteroatoms. The number of anilines is 2. The van der Waals surface area contributed by atoms with Crippen LogP contribution in [-0.4, -0.2) is 22.7 Å². The number of ether oxygens (including phenoxy) is 1. The number of aryl methyl sites for hydroxylation is 1. The summed E-state index contributed by atoms with van der Waals surface area (Å²) >= 11 is 3.48. The van der Waals surface area contributed by atoms with Gasteiger partial charge in [-0.1, -0.05) is 6.07 Å². The van der Waals surface area contributed by atoms with Gasteiger partial charge < -0.3 is 10.1 Å². The molecule has 1 unspecified atom stereocenters. The van der Waals surface area contributed by atoms with E-state index in [1.165, 1.54) is 12.1 Å². The minimum atomic E-state index is -0.291. The minimum Gasteiger partial charge on any atom is -0.378 e. The molecule has 0 amide bonds. The van der Waals surface area contributed by atoms with Crippen molar-refractivity contribution < 1.29 is 9.13 Å². The SMILES string of the molecule is Fc1cccc(Nc2ncc(Br)c(CCC3CCCO3)n2)c1. The first-order valence-electron chi connectivity index (χ1n) is 7.36. The third kappa shape index (κ3) is 4.01. The van der Waals surface area contributed by atoms with E-state index in [1.807, 2.05) is 0 Å². The predicted molar refractivity (Wildman–Crippen MR) is 86.7 cm³/mol. The highest BCUT2D eigenvalue weighted by Crippen LogP contribution is 2.22. The highest BCUT2D eigenvalue weighted by molar-refractivity contribution is 9.10. The van der Waals surface area contributed by atoms with Crippen molar-refractivity contribution in [2.45, 2.75) is 31.8 Å². The lowest BCUT2D eigenvalue weighted by molar-refractivity contribution is 0.104. The number of nitrogens with zero attached hydrogens (tertiary/aromatic N) is 2. The maximum Gasteiger partial charge on any atom is 0.227 e. The Kier molecular flexibility index (Phi) is 5.00. The predicted octanol–water partition coefficient (Wildman–Crippen LogP) is 4.23. The number of aromatic nitrogens is 2. The summed E-state index contributed by atoms with van der Waals surface area (Å²) < 4.78 is 19.7. The van der Waals surface area contributed by atoms with Crippen LogP contribution >= 0.6 is 15.9 Å². The second kappa shape index (κ2) is 7.15. The quantitative estimate of drug-likeness (QED) is 0.860. The molecule has 4 nitrogen and oxygen atoms in total. The van der Waals surface area contributed by atoms with E-state index in [2.05, 4.69) is 31.2 Å². The molecule has 0 radical (unpaired) electrons. The number of rotatable bonds is 5. The van der Waals surface area contributed by atoms with Crippen molar-refractivity contribution in [1.82, 2.24) is 9.97 Å².